The van der Waals surface area contributed by atoms with E-state index in [4.69, 9.17) is 0 Å². The molecule has 0 aliphatic heterocycles. The van der Waals surface area contributed by atoms with Crippen LogP contribution in [0.3, 0.4) is 0 Å². The Kier molecular flexibility index (Phi) is 6.78. The highest BCUT2D eigenvalue weighted by Gasteiger charge is 2.31. The highest BCUT2D eigenvalue weighted by Crippen LogP contribution is 2.31. The van der Waals surface area contributed by atoms with Crippen molar-refractivity contribution in [2.24, 2.45) is 7.05 Å². The fourth-order valence-electron chi connectivity index (χ4n) is 4.29. The Balaban J connectivity index is 1.39. The Morgan fingerprint density at radius 1 is 1.03 bits per heavy atom. The van der Waals surface area contributed by atoms with Gasteiger partial charge in [-0.25, -0.2) is 9.97 Å². The molecule has 0 aliphatic carbocycles. The monoisotopic (exact) mass is 530 g/mol. The largest absolute Gasteiger partial charge is 0.416 e. The topological polar surface area (TPSA) is 84.7 Å². The van der Waals surface area contributed by atoms with Crippen molar-refractivity contribution in [2.75, 3.05) is 5.32 Å². The zero-order chi connectivity index (χ0) is 27.7. The van der Waals surface area contributed by atoms with Gasteiger partial charge in [-0.05, 0) is 66.4 Å². The Bertz CT molecular complexity index is 1680. The van der Waals surface area contributed by atoms with Crippen LogP contribution in [0.25, 0.3) is 22.0 Å². The van der Waals surface area contributed by atoms with Crippen molar-refractivity contribution in [1.82, 2.24) is 25.1 Å². The summed E-state index contributed by atoms with van der Waals surface area (Å²) in [6.07, 6.45) is 0.741. The molecular formula is C29H25F3N6O. The molecule has 2 N–H and O–H groups in total. The lowest BCUT2D eigenvalue weighted by atomic mass is 9.95. The number of carbonyl (C=O) groups is 1. The third-order valence-corrected chi connectivity index (χ3v) is 6.42. The van der Waals surface area contributed by atoms with Crippen molar-refractivity contribution in [3.8, 4) is 11.1 Å². The van der Waals surface area contributed by atoms with Crippen LogP contribution in [0.1, 0.15) is 40.0 Å². The summed E-state index contributed by atoms with van der Waals surface area (Å²) >= 11 is 0. The number of benzene rings is 3. The second kappa shape index (κ2) is 10.2. The molecule has 0 radical (unpaired) electrons. The van der Waals surface area contributed by atoms with E-state index in [1.54, 1.807) is 24.0 Å². The zero-order valence-corrected chi connectivity index (χ0v) is 21.4. The van der Waals surface area contributed by atoms with Gasteiger partial charge in [-0.1, -0.05) is 30.3 Å². The molecule has 5 aromatic rings. The van der Waals surface area contributed by atoms with Gasteiger partial charge < -0.3 is 10.6 Å². The van der Waals surface area contributed by atoms with E-state index in [-0.39, 0.29) is 5.56 Å². The van der Waals surface area contributed by atoms with Crippen LogP contribution in [0.2, 0.25) is 0 Å². The van der Waals surface area contributed by atoms with E-state index in [0.29, 0.717) is 5.95 Å². The van der Waals surface area contributed by atoms with Gasteiger partial charge >= 0.3 is 6.18 Å². The third kappa shape index (κ3) is 5.74. The molecule has 198 valence electrons. The van der Waals surface area contributed by atoms with E-state index < -0.39 is 23.7 Å². The molecular weight excluding hydrogens is 505 g/mol. The average Bonchev–Trinajstić information content (AvgIpc) is 3.32. The van der Waals surface area contributed by atoms with Crippen molar-refractivity contribution in [3.05, 3.63) is 102 Å². The SMILES string of the molecule is Cc1ccc(C(C)NC(=O)c2cccc(C(F)(F)F)c2)cc1-c1ccc2cnc(Nc3cnn(C)c3)nc2c1. The second-order valence-electron chi connectivity index (χ2n) is 9.34. The summed E-state index contributed by atoms with van der Waals surface area (Å²) in [5.41, 5.74) is 4.35. The highest BCUT2D eigenvalue weighted by atomic mass is 19.4. The lowest BCUT2D eigenvalue weighted by molar-refractivity contribution is -0.137. The molecule has 2 aromatic heterocycles. The number of rotatable bonds is 6. The van der Waals surface area contributed by atoms with Crippen LogP contribution < -0.4 is 10.6 Å². The first kappa shape index (κ1) is 25.9. The van der Waals surface area contributed by atoms with Gasteiger partial charge in [0, 0.05) is 30.4 Å². The maximum atomic E-state index is 13.1. The molecule has 0 fully saturated rings. The number of aryl methyl sites for hydroxylation is 2. The fourth-order valence-corrected chi connectivity index (χ4v) is 4.29. The average molecular weight is 531 g/mol. The van der Waals surface area contributed by atoms with Crippen molar-refractivity contribution in [3.63, 3.8) is 0 Å². The molecule has 5 rings (SSSR count). The van der Waals surface area contributed by atoms with Crippen LogP contribution in [-0.4, -0.2) is 25.7 Å². The molecule has 3 aromatic carbocycles. The number of carbonyl (C=O) groups excluding carboxylic acids is 1. The summed E-state index contributed by atoms with van der Waals surface area (Å²) in [5, 5.41) is 11.0. The summed E-state index contributed by atoms with van der Waals surface area (Å²) < 4.78 is 40.9. The third-order valence-electron chi connectivity index (χ3n) is 6.42. The minimum absolute atomic E-state index is 0.0473. The van der Waals surface area contributed by atoms with Gasteiger partial charge in [-0.3, -0.25) is 9.48 Å². The molecule has 0 aliphatic rings. The number of aromatic nitrogens is 4. The van der Waals surface area contributed by atoms with Gasteiger partial charge in [-0.15, -0.1) is 0 Å². The minimum Gasteiger partial charge on any atom is -0.346 e. The minimum atomic E-state index is -4.52. The van der Waals surface area contributed by atoms with Crippen LogP contribution in [0, 0.1) is 6.92 Å². The van der Waals surface area contributed by atoms with E-state index >= 15 is 0 Å². The Morgan fingerprint density at radius 2 is 1.85 bits per heavy atom. The normalized spacial score (nSPS) is 12.4. The molecule has 2 heterocycles. The number of nitrogens with one attached hydrogen (secondary N) is 2. The maximum Gasteiger partial charge on any atom is 0.416 e. The number of nitrogens with zero attached hydrogens (tertiary/aromatic N) is 4. The smallest absolute Gasteiger partial charge is 0.346 e. The molecule has 1 amide bonds. The number of anilines is 2. The van der Waals surface area contributed by atoms with Crippen molar-refractivity contribution < 1.29 is 18.0 Å². The van der Waals surface area contributed by atoms with Crippen LogP contribution >= 0.6 is 0 Å². The van der Waals surface area contributed by atoms with Crippen LogP contribution in [0.15, 0.2) is 79.3 Å². The first-order chi connectivity index (χ1) is 18.6. The summed E-state index contributed by atoms with van der Waals surface area (Å²) in [7, 11) is 1.83. The lowest BCUT2D eigenvalue weighted by Crippen LogP contribution is -2.27. The molecule has 0 saturated carbocycles. The molecule has 39 heavy (non-hydrogen) atoms. The lowest BCUT2D eigenvalue weighted by Gasteiger charge is -2.17. The predicted molar refractivity (Wildman–Crippen MR) is 144 cm³/mol. The summed E-state index contributed by atoms with van der Waals surface area (Å²) in [5.74, 6) is -0.129. The quantitative estimate of drug-likeness (QED) is 0.259. The summed E-state index contributed by atoms with van der Waals surface area (Å²) in [4.78, 5) is 21.8. The summed E-state index contributed by atoms with van der Waals surface area (Å²) in [6, 6.07) is 15.7. The van der Waals surface area contributed by atoms with Gasteiger partial charge in [-0.2, -0.15) is 18.3 Å². The highest BCUT2D eigenvalue weighted by molar-refractivity contribution is 5.94. The molecule has 1 unspecified atom stereocenters. The first-order valence-corrected chi connectivity index (χ1v) is 12.2. The van der Waals surface area contributed by atoms with Crippen molar-refractivity contribution >= 4 is 28.4 Å². The van der Waals surface area contributed by atoms with Crippen LogP contribution in [-0.2, 0) is 13.2 Å². The van der Waals surface area contributed by atoms with Crippen molar-refractivity contribution in [2.45, 2.75) is 26.1 Å². The molecule has 1 atom stereocenters. The molecule has 7 nitrogen and oxygen atoms in total. The molecule has 0 spiro atoms. The van der Waals surface area contributed by atoms with Gasteiger partial charge in [0.05, 0.1) is 29.0 Å². The van der Waals surface area contributed by atoms with Crippen molar-refractivity contribution in [1.29, 1.82) is 0 Å². The Labute approximate surface area is 222 Å². The van der Waals surface area contributed by atoms with Gasteiger partial charge in [0.2, 0.25) is 5.95 Å². The number of halogens is 3. The van der Waals surface area contributed by atoms with Gasteiger partial charge in [0.1, 0.15) is 0 Å². The number of hydrogen-bond acceptors (Lipinski definition) is 5. The van der Waals surface area contributed by atoms with E-state index in [9.17, 15) is 18.0 Å². The van der Waals surface area contributed by atoms with Crippen LogP contribution in [0.5, 0.6) is 0 Å². The number of amides is 1. The standard InChI is InChI=1S/C29H25F3N6O/c1-17-7-8-19(18(2)35-27(39)21-5-4-6-23(11-21)29(30,31)32)12-25(17)20-9-10-22-14-33-28(37-26(22)13-20)36-24-15-34-38(3)16-24/h4-16,18H,1-3H3,(H,35,39)(H,33,36,37). The number of hydrogen-bond donors (Lipinski definition) is 2. The van der Waals surface area contributed by atoms with E-state index in [1.165, 1.54) is 12.1 Å². The maximum absolute atomic E-state index is 13.1. The first-order valence-electron chi connectivity index (χ1n) is 12.2. The van der Waals surface area contributed by atoms with E-state index in [1.807, 2.05) is 56.6 Å². The summed E-state index contributed by atoms with van der Waals surface area (Å²) in [6.45, 7) is 3.79. The molecule has 0 bridgehead atoms. The number of alkyl halides is 3. The number of fused-ring (bicyclic) bond motifs is 1. The van der Waals surface area contributed by atoms with Gasteiger partial charge in [0.15, 0.2) is 0 Å². The fraction of sp³-hybridized carbons (Fsp3) is 0.172. The van der Waals surface area contributed by atoms with E-state index in [0.717, 1.165) is 51.0 Å². The molecule has 0 saturated heterocycles. The zero-order valence-electron chi connectivity index (χ0n) is 21.4. The Morgan fingerprint density at radius 3 is 2.59 bits per heavy atom. The van der Waals surface area contributed by atoms with E-state index in [2.05, 4.69) is 25.7 Å². The van der Waals surface area contributed by atoms with Gasteiger partial charge in [0.25, 0.3) is 5.91 Å². The Hall–Kier alpha value is -4.73. The predicted octanol–water partition coefficient (Wildman–Crippen LogP) is 6.59. The van der Waals surface area contributed by atoms with Crippen LogP contribution in [0.4, 0.5) is 24.8 Å². The molecule has 10 heteroatoms. The second-order valence-corrected chi connectivity index (χ2v) is 9.34.